The normalized spacial score (nSPS) is 25.1. The van der Waals surface area contributed by atoms with Crippen molar-refractivity contribution in [2.24, 2.45) is 11.8 Å². The molecule has 0 aliphatic heterocycles. The molecule has 1 aliphatic rings. The lowest BCUT2D eigenvalue weighted by Gasteiger charge is -2.31. The summed E-state index contributed by atoms with van der Waals surface area (Å²) < 4.78 is 5.21. The summed E-state index contributed by atoms with van der Waals surface area (Å²) in [7, 11) is 1.60. The largest absolute Gasteiger partial charge is 0.495 e. The van der Waals surface area contributed by atoms with Gasteiger partial charge in [-0.1, -0.05) is 43.9 Å². The van der Waals surface area contributed by atoms with Crippen LogP contribution in [0.5, 0.6) is 5.75 Å². The fourth-order valence-electron chi connectivity index (χ4n) is 3.04. The number of benzene rings is 1. The Labute approximate surface area is 120 Å². The summed E-state index contributed by atoms with van der Waals surface area (Å²) >= 11 is 6.02. The van der Waals surface area contributed by atoms with Gasteiger partial charge in [0, 0.05) is 0 Å². The van der Waals surface area contributed by atoms with Crippen LogP contribution in [0.15, 0.2) is 18.2 Å². The Kier molecular flexibility index (Phi) is 5.12. The maximum absolute atomic E-state index is 10.5. The van der Waals surface area contributed by atoms with Crippen LogP contribution in [0.2, 0.25) is 5.02 Å². The average Bonchev–Trinajstić information content (AvgIpc) is 2.47. The van der Waals surface area contributed by atoms with E-state index in [-0.39, 0.29) is 0 Å². The minimum atomic E-state index is -0.399. The third kappa shape index (κ3) is 3.43. The average molecular weight is 283 g/mol. The van der Waals surface area contributed by atoms with Gasteiger partial charge in [0.1, 0.15) is 5.75 Å². The first-order valence-electron chi connectivity index (χ1n) is 7.17. The molecule has 0 bridgehead atoms. The monoisotopic (exact) mass is 282 g/mol. The summed E-state index contributed by atoms with van der Waals surface area (Å²) in [6.07, 6.45) is 5.57. The van der Waals surface area contributed by atoms with Crippen molar-refractivity contribution in [1.82, 2.24) is 0 Å². The van der Waals surface area contributed by atoms with E-state index in [9.17, 15) is 5.11 Å². The van der Waals surface area contributed by atoms with E-state index < -0.39 is 6.10 Å². The topological polar surface area (TPSA) is 29.5 Å². The van der Waals surface area contributed by atoms with Crippen molar-refractivity contribution >= 4 is 11.6 Å². The number of aliphatic hydroxyl groups is 1. The summed E-state index contributed by atoms with van der Waals surface area (Å²) in [6.45, 7) is 2.26. The summed E-state index contributed by atoms with van der Waals surface area (Å²) in [6, 6.07) is 5.57. The molecule has 0 saturated heterocycles. The van der Waals surface area contributed by atoms with Crippen LogP contribution in [-0.4, -0.2) is 12.2 Å². The van der Waals surface area contributed by atoms with Crippen LogP contribution in [0, 0.1) is 11.8 Å². The Hall–Kier alpha value is -0.730. The third-order valence-electron chi connectivity index (χ3n) is 4.43. The molecule has 0 amide bonds. The zero-order valence-corrected chi connectivity index (χ0v) is 12.5. The molecule has 2 nitrogen and oxygen atoms in total. The number of ether oxygens (including phenoxy) is 1. The van der Waals surface area contributed by atoms with Gasteiger partial charge in [-0.25, -0.2) is 0 Å². The molecule has 0 aromatic heterocycles. The first kappa shape index (κ1) is 14.7. The van der Waals surface area contributed by atoms with Crippen LogP contribution in [0.25, 0.3) is 0 Å². The minimum absolute atomic E-state index is 0.369. The molecule has 3 heteroatoms. The molecule has 1 fully saturated rings. The zero-order valence-electron chi connectivity index (χ0n) is 11.7. The molecule has 1 unspecified atom stereocenters. The van der Waals surface area contributed by atoms with Gasteiger partial charge in [-0.2, -0.15) is 0 Å². The molecule has 106 valence electrons. The predicted molar refractivity (Wildman–Crippen MR) is 78.7 cm³/mol. The molecule has 1 saturated carbocycles. The highest BCUT2D eigenvalue weighted by atomic mass is 35.5. The summed E-state index contributed by atoms with van der Waals surface area (Å²) in [5.41, 5.74) is 0.918. The highest BCUT2D eigenvalue weighted by Crippen LogP contribution is 2.39. The lowest BCUT2D eigenvalue weighted by Crippen LogP contribution is -2.20. The van der Waals surface area contributed by atoms with E-state index in [1.54, 1.807) is 13.2 Å². The SMILES string of the molecule is CCC1CCC(C(O)c2ccc(Cl)c(OC)c2)CC1. The van der Waals surface area contributed by atoms with Crippen LogP contribution in [-0.2, 0) is 0 Å². The van der Waals surface area contributed by atoms with Gasteiger partial charge >= 0.3 is 0 Å². The lowest BCUT2D eigenvalue weighted by atomic mass is 9.77. The first-order chi connectivity index (χ1) is 9.15. The van der Waals surface area contributed by atoms with Gasteiger partial charge in [-0.05, 0) is 42.4 Å². The summed E-state index contributed by atoms with van der Waals surface area (Å²) in [5.74, 6) is 1.86. The van der Waals surface area contributed by atoms with Gasteiger partial charge in [0.05, 0.1) is 18.2 Å². The lowest BCUT2D eigenvalue weighted by molar-refractivity contribution is 0.0728. The number of rotatable bonds is 4. The van der Waals surface area contributed by atoms with Gasteiger partial charge in [-0.15, -0.1) is 0 Å². The maximum Gasteiger partial charge on any atom is 0.137 e. The van der Waals surface area contributed by atoms with Gasteiger partial charge in [-0.3, -0.25) is 0 Å². The molecule has 0 heterocycles. The Bertz CT molecular complexity index is 411. The van der Waals surface area contributed by atoms with Crippen molar-refractivity contribution in [2.75, 3.05) is 7.11 Å². The predicted octanol–water partition coefficient (Wildman–Crippen LogP) is 4.60. The van der Waals surface area contributed by atoms with E-state index in [0.717, 1.165) is 24.3 Å². The van der Waals surface area contributed by atoms with Crippen molar-refractivity contribution < 1.29 is 9.84 Å². The quantitative estimate of drug-likeness (QED) is 0.875. The molecule has 1 aromatic rings. The molecule has 1 atom stereocenters. The van der Waals surface area contributed by atoms with E-state index in [2.05, 4.69) is 6.92 Å². The zero-order chi connectivity index (χ0) is 13.8. The molecule has 1 aromatic carbocycles. The standard InChI is InChI=1S/C16H23ClO2/c1-3-11-4-6-12(7-5-11)16(18)13-8-9-14(17)15(10-13)19-2/h8-12,16,18H,3-7H2,1-2H3. The number of hydrogen-bond donors (Lipinski definition) is 1. The summed E-state index contributed by atoms with van der Waals surface area (Å²) in [5, 5.41) is 11.1. The second-order valence-electron chi connectivity index (χ2n) is 5.53. The van der Waals surface area contributed by atoms with Crippen LogP contribution in [0.1, 0.15) is 50.7 Å². The van der Waals surface area contributed by atoms with Gasteiger partial charge < -0.3 is 9.84 Å². The Morgan fingerprint density at radius 3 is 2.58 bits per heavy atom. The Morgan fingerprint density at radius 2 is 2.00 bits per heavy atom. The van der Waals surface area contributed by atoms with Crippen LogP contribution >= 0.6 is 11.6 Å². The molecule has 1 aliphatic carbocycles. The fourth-order valence-corrected chi connectivity index (χ4v) is 3.24. The maximum atomic E-state index is 10.5. The van der Waals surface area contributed by atoms with E-state index in [1.165, 1.54) is 19.3 Å². The second kappa shape index (κ2) is 6.62. The van der Waals surface area contributed by atoms with Crippen molar-refractivity contribution in [1.29, 1.82) is 0 Å². The summed E-state index contributed by atoms with van der Waals surface area (Å²) in [4.78, 5) is 0. The van der Waals surface area contributed by atoms with Gasteiger partial charge in [0.2, 0.25) is 0 Å². The molecule has 19 heavy (non-hydrogen) atoms. The first-order valence-corrected chi connectivity index (χ1v) is 7.55. The highest BCUT2D eigenvalue weighted by molar-refractivity contribution is 6.32. The Morgan fingerprint density at radius 1 is 1.32 bits per heavy atom. The van der Waals surface area contributed by atoms with Crippen LogP contribution < -0.4 is 4.74 Å². The smallest absolute Gasteiger partial charge is 0.137 e. The number of hydrogen-bond acceptors (Lipinski definition) is 2. The fraction of sp³-hybridized carbons (Fsp3) is 0.625. The number of aliphatic hydroxyl groups excluding tert-OH is 1. The minimum Gasteiger partial charge on any atom is -0.495 e. The molecular formula is C16H23ClO2. The van der Waals surface area contributed by atoms with Crippen LogP contribution in [0.4, 0.5) is 0 Å². The van der Waals surface area contributed by atoms with E-state index in [1.807, 2.05) is 12.1 Å². The van der Waals surface area contributed by atoms with E-state index in [4.69, 9.17) is 16.3 Å². The van der Waals surface area contributed by atoms with Gasteiger partial charge in [0.15, 0.2) is 0 Å². The van der Waals surface area contributed by atoms with Crippen molar-refractivity contribution in [2.45, 2.75) is 45.1 Å². The highest BCUT2D eigenvalue weighted by Gasteiger charge is 2.27. The molecule has 0 radical (unpaired) electrons. The van der Waals surface area contributed by atoms with E-state index >= 15 is 0 Å². The van der Waals surface area contributed by atoms with Crippen molar-refractivity contribution in [3.63, 3.8) is 0 Å². The molecule has 0 spiro atoms. The number of methoxy groups -OCH3 is 1. The van der Waals surface area contributed by atoms with Gasteiger partial charge in [0.25, 0.3) is 0 Å². The Balaban J connectivity index is 2.05. The third-order valence-corrected chi connectivity index (χ3v) is 4.74. The molecule has 2 rings (SSSR count). The second-order valence-corrected chi connectivity index (χ2v) is 5.94. The van der Waals surface area contributed by atoms with Crippen molar-refractivity contribution in [3.05, 3.63) is 28.8 Å². The molecular weight excluding hydrogens is 260 g/mol. The molecule has 1 N–H and O–H groups in total. The van der Waals surface area contributed by atoms with Crippen molar-refractivity contribution in [3.8, 4) is 5.75 Å². The number of halogens is 1. The van der Waals surface area contributed by atoms with E-state index in [0.29, 0.717) is 16.7 Å². The van der Waals surface area contributed by atoms with Crippen LogP contribution in [0.3, 0.4) is 0 Å².